The van der Waals surface area contributed by atoms with Crippen molar-refractivity contribution in [1.82, 2.24) is 15.3 Å². The zero-order valence-electron chi connectivity index (χ0n) is 14.2. The second kappa shape index (κ2) is 7.72. The number of aryl methyl sites for hydroxylation is 1. The van der Waals surface area contributed by atoms with E-state index in [2.05, 4.69) is 45.3 Å². The molecule has 0 bridgehead atoms. The molecular formula is C17H22N4O2S. The van der Waals surface area contributed by atoms with Gasteiger partial charge in [0.25, 0.3) is 0 Å². The highest BCUT2D eigenvalue weighted by molar-refractivity contribution is 7.99. The topological polar surface area (TPSA) is 59.5 Å². The first kappa shape index (κ1) is 16.9. The number of piperazine rings is 1. The van der Waals surface area contributed by atoms with Gasteiger partial charge < -0.3 is 19.7 Å². The third-order valence-corrected chi connectivity index (χ3v) is 4.76. The molecule has 0 saturated carbocycles. The molecule has 0 radical (unpaired) electrons. The van der Waals surface area contributed by atoms with Crippen molar-refractivity contribution in [3.05, 3.63) is 29.8 Å². The Kier molecular flexibility index (Phi) is 5.42. The number of aromatic nitrogens is 2. The largest absolute Gasteiger partial charge is 0.481 e. The van der Waals surface area contributed by atoms with Gasteiger partial charge in [0.15, 0.2) is 5.16 Å². The molecule has 6 nitrogen and oxygen atoms in total. The molecule has 0 atom stereocenters. The van der Waals surface area contributed by atoms with Crippen LogP contribution in [0.2, 0.25) is 0 Å². The van der Waals surface area contributed by atoms with Crippen molar-refractivity contribution in [1.29, 1.82) is 0 Å². The number of nitrogens with one attached hydrogen (secondary N) is 1. The summed E-state index contributed by atoms with van der Waals surface area (Å²) in [4.78, 5) is 12.4. The fraction of sp³-hybridized carbons (Fsp3) is 0.412. The number of hydrogen-bond donors (Lipinski definition) is 1. The third kappa shape index (κ3) is 3.91. The lowest BCUT2D eigenvalue weighted by Crippen LogP contribution is -2.43. The first-order valence-electron chi connectivity index (χ1n) is 7.91. The van der Waals surface area contributed by atoms with E-state index in [1.54, 1.807) is 20.3 Å². The molecule has 7 heteroatoms. The summed E-state index contributed by atoms with van der Waals surface area (Å²) in [5, 5.41) is 4.01. The van der Waals surface area contributed by atoms with E-state index in [0.717, 1.165) is 31.1 Å². The van der Waals surface area contributed by atoms with E-state index in [9.17, 15) is 0 Å². The molecule has 0 amide bonds. The Balaban J connectivity index is 1.92. The first-order valence-corrected chi connectivity index (χ1v) is 8.72. The van der Waals surface area contributed by atoms with Gasteiger partial charge >= 0.3 is 0 Å². The van der Waals surface area contributed by atoms with Crippen LogP contribution in [0.1, 0.15) is 5.56 Å². The Morgan fingerprint density at radius 1 is 1.04 bits per heavy atom. The summed E-state index contributed by atoms with van der Waals surface area (Å²) in [5.41, 5.74) is 2.43. The number of rotatable bonds is 5. The summed E-state index contributed by atoms with van der Waals surface area (Å²) < 4.78 is 10.5. The second-order valence-corrected chi connectivity index (χ2v) is 6.55. The van der Waals surface area contributed by atoms with Gasteiger partial charge in [0.2, 0.25) is 11.8 Å². The first-order chi connectivity index (χ1) is 11.7. The maximum atomic E-state index is 5.24. The van der Waals surface area contributed by atoms with Crippen LogP contribution in [-0.2, 0) is 0 Å². The molecule has 1 aliphatic rings. The predicted molar refractivity (Wildman–Crippen MR) is 95.5 cm³/mol. The maximum absolute atomic E-state index is 5.24. The van der Waals surface area contributed by atoms with Gasteiger partial charge in [-0.1, -0.05) is 6.07 Å². The monoisotopic (exact) mass is 346 g/mol. The fourth-order valence-electron chi connectivity index (χ4n) is 2.61. The van der Waals surface area contributed by atoms with Crippen LogP contribution in [0.4, 0.5) is 5.69 Å². The molecule has 2 heterocycles. The number of methoxy groups -OCH3 is 2. The molecule has 1 fully saturated rings. The number of benzene rings is 1. The molecule has 24 heavy (non-hydrogen) atoms. The van der Waals surface area contributed by atoms with Crippen molar-refractivity contribution < 1.29 is 9.47 Å². The molecule has 0 unspecified atom stereocenters. The van der Waals surface area contributed by atoms with E-state index < -0.39 is 0 Å². The summed E-state index contributed by atoms with van der Waals surface area (Å²) in [7, 11) is 3.18. The molecule has 128 valence electrons. The Morgan fingerprint density at radius 2 is 1.71 bits per heavy atom. The zero-order chi connectivity index (χ0) is 16.9. The van der Waals surface area contributed by atoms with E-state index in [1.807, 2.05) is 0 Å². The highest BCUT2D eigenvalue weighted by atomic mass is 32.2. The van der Waals surface area contributed by atoms with E-state index in [1.165, 1.54) is 23.0 Å². The lowest BCUT2D eigenvalue weighted by Gasteiger charge is -2.31. The van der Waals surface area contributed by atoms with Crippen molar-refractivity contribution in [3.63, 3.8) is 0 Å². The SMILES string of the molecule is COc1cc(OC)nc(Sc2cc(C)ccc2N2CCNCC2)n1. The van der Waals surface area contributed by atoms with Crippen LogP contribution in [0.25, 0.3) is 0 Å². The summed E-state index contributed by atoms with van der Waals surface area (Å²) in [6, 6.07) is 8.18. The van der Waals surface area contributed by atoms with Crippen molar-refractivity contribution in [2.75, 3.05) is 45.3 Å². The van der Waals surface area contributed by atoms with Gasteiger partial charge in [-0.3, -0.25) is 0 Å². The minimum absolute atomic E-state index is 0.501. The lowest BCUT2D eigenvalue weighted by atomic mass is 10.2. The van der Waals surface area contributed by atoms with Crippen LogP contribution in [0.3, 0.4) is 0 Å². The number of hydrogen-bond acceptors (Lipinski definition) is 7. The standard InChI is InChI=1S/C17H22N4O2S/c1-12-4-5-13(21-8-6-18-7-9-21)14(10-12)24-17-19-15(22-2)11-16(20-17)23-3/h4-5,10-11,18H,6-9H2,1-3H3. The van der Waals surface area contributed by atoms with E-state index in [-0.39, 0.29) is 0 Å². The zero-order valence-corrected chi connectivity index (χ0v) is 15.0. The maximum Gasteiger partial charge on any atom is 0.220 e. The summed E-state index contributed by atoms with van der Waals surface area (Å²) in [5.74, 6) is 1.00. The molecular weight excluding hydrogens is 324 g/mol. The minimum Gasteiger partial charge on any atom is -0.481 e. The Hall–Kier alpha value is -1.99. The summed E-state index contributed by atoms with van der Waals surface area (Å²) >= 11 is 1.54. The fourth-order valence-corrected chi connectivity index (χ4v) is 3.62. The average Bonchev–Trinajstić information content (AvgIpc) is 2.62. The van der Waals surface area contributed by atoms with Crippen LogP contribution in [0, 0.1) is 6.92 Å². The van der Waals surface area contributed by atoms with Gasteiger partial charge in [-0.15, -0.1) is 0 Å². The van der Waals surface area contributed by atoms with Crippen LogP contribution < -0.4 is 19.7 Å². The van der Waals surface area contributed by atoms with Gasteiger partial charge in [-0.2, -0.15) is 9.97 Å². The van der Waals surface area contributed by atoms with Crippen molar-refractivity contribution in [2.24, 2.45) is 0 Å². The molecule has 0 aliphatic carbocycles. The van der Waals surface area contributed by atoms with Gasteiger partial charge in [0.1, 0.15) is 0 Å². The Bertz CT molecular complexity index is 683. The third-order valence-electron chi connectivity index (χ3n) is 3.85. The lowest BCUT2D eigenvalue weighted by molar-refractivity contribution is 0.364. The van der Waals surface area contributed by atoms with Crippen molar-refractivity contribution in [3.8, 4) is 11.8 Å². The molecule has 2 aromatic rings. The van der Waals surface area contributed by atoms with Crippen LogP contribution in [0.15, 0.2) is 34.3 Å². The van der Waals surface area contributed by atoms with Gasteiger partial charge in [-0.25, -0.2) is 0 Å². The summed E-state index contributed by atoms with van der Waals surface area (Å²) in [6.45, 7) is 6.10. The molecule has 3 rings (SSSR count). The van der Waals surface area contributed by atoms with E-state index in [4.69, 9.17) is 9.47 Å². The molecule has 0 spiro atoms. The van der Waals surface area contributed by atoms with Crippen molar-refractivity contribution >= 4 is 17.4 Å². The number of anilines is 1. The van der Waals surface area contributed by atoms with E-state index >= 15 is 0 Å². The molecule has 1 aliphatic heterocycles. The molecule has 1 aromatic heterocycles. The van der Waals surface area contributed by atoms with Gasteiger partial charge in [0.05, 0.1) is 26.0 Å². The number of nitrogens with zero attached hydrogens (tertiary/aromatic N) is 3. The Morgan fingerprint density at radius 3 is 2.33 bits per heavy atom. The summed E-state index contributed by atoms with van der Waals surface area (Å²) in [6.07, 6.45) is 0. The minimum atomic E-state index is 0.501. The van der Waals surface area contributed by atoms with Crippen LogP contribution >= 0.6 is 11.8 Å². The van der Waals surface area contributed by atoms with Crippen LogP contribution in [0.5, 0.6) is 11.8 Å². The second-order valence-electron chi connectivity index (χ2n) is 5.55. The van der Waals surface area contributed by atoms with Crippen LogP contribution in [-0.4, -0.2) is 50.4 Å². The molecule has 1 N–H and O–H groups in total. The number of ether oxygens (including phenoxy) is 2. The van der Waals surface area contributed by atoms with E-state index in [0.29, 0.717) is 16.9 Å². The highest BCUT2D eigenvalue weighted by Gasteiger charge is 2.16. The normalized spacial score (nSPS) is 14.5. The molecule has 1 saturated heterocycles. The predicted octanol–water partition coefficient (Wildman–Crippen LogP) is 2.36. The smallest absolute Gasteiger partial charge is 0.220 e. The van der Waals surface area contributed by atoms with Gasteiger partial charge in [-0.05, 0) is 36.4 Å². The quantitative estimate of drug-likeness (QED) is 0.834. The average molecular weight is 346 g/mol. The van der Waals surface area contributed by atoms with Gasteiger partial charge in [0, 0.05) is 31.1 Å². The molecule has 1 aromatic carbocycles. The highest BCUT2D eigenvalue weighted by Crippen LogP contribution is 2.36. The Labute approximate surface area is 146 Å². The van der Waals surface area contributed by atoms with Crippen molar-refractivity contribution in [2.45, 2.75) is 17.0 Å².